The first-order valence-corrected chi connectivity index (χ1v) is 5.09. The van der Waals surface area contributed by atoms with Crippen LogP contribution in [0.25, 0.3) is 6.08 Å². The van der Waals surface area contributed by atoms with E-state index in [0.717, 1.165) is 0 Å². The van der Waals surface area contributed by atoms with Crippen LogP contribution in [0.15, 0.2) is 18.3 Å². The van der Waals surface area contributed by atoms with Crippen LogP contribution in [0.1, 0.15) is 12.5 Å². The van der Waals surface area contributed by atoms with Crippen molar-refractivity contribution in [1.82, 2.24) is 4.98 Å². The van der Waals surface area contributed by atoms with Crippen molar-refractivity contribution < 1.29 is 14.3 Å². The Morgan fingerprint density at radius 1 is 1.62 bits per heavy atom. The average molecular weight is 242 g/mol. The molecule has 0 saturated heterocycles. The van der Waals surface area contributed by atoms with E-state index >= 15 is 0 Å². The van der Waals surface area contributed by atoms with E-state index in [-0.39, 0.29) is 5.15 Å². The van der Waals surface area contributed by atoms with Gasteiger partial charge in [-0.2, -0.15) is 0 Å². The SMILES string of the molecule is CCOC(=O)/C=C/c1cnc(Cl)c(OC)c1. The summed E-state index contributed by atoms with van der Waals surface area (Å²) in [5.41, 5.74) is 0.717. The highest BCUT2D eigenvalue weighted by atomic mass is 35.5. The van der Waals surface area contributed by atoms with Gasteiger partial charge in [0.15, 0.2) is 10.9 Å². The summed E-state index contributed by atoms with van der Waals surface area (Å²) in [6.45, 7) is 2.10. The maximum atomic E-state index is 11.1. The zero-order valence-corrected chi connectivity index (χ0v) is 9.82. The number of nitrogens with zero attached hydrogens (tertiary/aromatic N) is 1. The molecule has 1 aromatic rings. The number of carbonyl (C=O) groups excluding carboxylic acids is 1. The van der Waals surface area contributed by atoms with Crippen LogP contribution >= 0.6 is 11.6 Å². The second-order valence-electron chi connectivity index (χ2n) is 2.85. The van der Waals surface area contributed by atoms with E-state index in [9.17, 15) is 4.79 Å². The Hall–Kier alpha value is -1.55. The maximum Gasteiger partial charge on any atom is 0.330 e. The van der Waals surface area contributed by atoms with Crippen LogP contribution in [0.5, 0.6) is 5.75 Å². The highest BCUT2D eigenvalue weighted by Crippen LogP contribution is 2.22. The molecule has 1 heterocycles. The maximum absolute atomic E-state index is 11.1. The third-order valence-electron chi connectivity index (χ3n) is 1.75. The van der Waals surface area contributed by atoms with Crippen LogP contribution in [-0.2, 0) is 9.53 Å². The lowest BCUT2D eigenvalue weighted by Gasteiger charge is -2.02. The van der Waals surface area contributed by atoms with Gasteiger partial charge in [0.05, 0.1) is 13.7 Å². The molecule has 0 spiro atoms. The molecule has 4 nitrogen and oxygen atoms in total. The Bertz CT molecular complexity index is 404. The number of ether oxygens (including phenoxy) is 2. The molecule has 5 heteroatoms. The molecule has 0 radical (unpaired) electrons. The van der Waals surface area contributed by atoms with Gasteiger partial charge in [0, 0.05) is 12.3 Å². The molecule has 0 fully saturated rings. The van der Waals surface area contributed by atoms with Crippen molar-refractivity contribution in [3.05, 3.63) is 29.1 Å². The van der Waals surface area contributed by atoms with Gasteiger partial charge in [0.1, 0.15) is 0 Å². The highest BCUT2D eigenvalue weighted by molar-refractivity contribution is 6.30. The van der Waals surface area contributed by atoms with Crippen molar-refractivity contribution in [2.45, 2.75) is 6.92 Å². The van der Waals surface area contributed by atoms with E-state index in [1.807, 2.05) is 0 Å². The monoisotopic (exact) mass is 241 g/mol. The number of halogens is 1. The van der Waals surface area contributed by atoms with Crippen molar-refractivity contribution >= 4 is 23.6 Å². The summed E-state index contributed by atoms with van der Waals surface area (Å²) in [4.78, 5) is 15.0. The minimum absolute atomic E-state index is 0.288. The fourth-order valence-electron chi connectivity index (χ4n) is 1.03. The highest BCUT2D eigenvalue weighted by Gasteiger charge is 2.02. The third kappa shape index (κ3) is 3.55. The Balaban J connectivity index is 2.78. The average Bonchev–Trinajstić information content (AvgIpc) is 2.28. The van der Waals surface area contributed by atoms with Crippen molar-refractivity contribution in [3.8, 4) is 5.75 Å². The van der Waals surface area contributed by atoms with Crippen molar-refractivity contribution in [2.75, 3.05) is 13.7 Å². The smallest absolute Gasteiger partial charge is 0.330 e. The van der Waals surface area contributed by atoms with Crippen LogP contribution < -0.4 is 4.74 Å². The first-order chi connectivity index (χ1) is 7.67. The molecule has 1 aromatic heterocycles. The molecular weight excluding hydrogens is 230 g/mol. The Morgan fingerprint density at radius 2 is 2.38 bits per heavy atom. The first kappa shape index (κ1) is 12.5. The summed E-state index contributed by atoms with van der Waals surface area (Å²) in [7, 11) is 1.50. The Labute approximate surface area is 98.8 Å². The number of esters is 1. The van der Waals surface area contributed by atoms with E-state index < -0.39 is 5.97 Å². The van der Waals surface area contributed by atoms with Gasteiger partial charge in [-0.1, -0.05) is 11.6 Å². The molecule has 0 aliphatic rings. The Kier molecular flexibility index (Phi) is 4.79. The van der Waals surface area contributed by atoms with Gasteiger partial charge in [-0.25, -0.2) is 9.78 Å². The van der Waals surface area contributed by atoms with Crippen LogP contribution in [0.3, 0.4) is 0 Å². The van der Waals surface area contributed by atoms with Gasteiger partial charge in [0.2, 0.25) is 0 Å². The predicted octanol–water partition coefficient (Wildman–Crippen LogP) is 2.32. The molecular formula is C11H12ClNO3. The fraction of sp³-hybridized carbons (Fsp3) is 0.273. The number of pyridine rings is 1. The van der Waals surface area contributed by atoms with Gasteiger partial charge in [-0.15, -0.1) is 0 Å². The summed E-state index contributed by atoms with van der Waals surface area (Å²) in [6.07, 6.45) is 4.46. The lowest BCUT2D eigenvalue weighted by molar-refractivity contribution is -0.137. The minimum atomic E-state index is -0.392. The molecule has 0 N–H and O–H groups in total. The van der Waals surface area contributed by atoms with E-state index in [1.165, 1.54) is 13.2 Å². The van der Waals surface area contributed by atoms with Gasteiger partial charge in [-0.05, 0) is 24.6 Å². The van der Waals surface area contributed by atoms with Gasteiger partial charge >= 0.3 is 5.97 Å². The number of methoxy groups -OCH3 is 1. The zero-order valence-electron chi connectivity index (χ0n) is 9.07. The number of aromatic nitrogens is 1. The van der Waals surface area contributed by atoms with E-state index in [4.69, 9.17) is 21.1 Å². The first-order valence-electron chi connectivity index (χ1n) is 4.71. The molecule has 0 aliphatic heterocycles. The van der Waals surface area contributed by atoms with Crippen molar-refractivity contribution in [3.63, 3.8) is 0 Å². The molecule has 0 aliphatic carbocycles. The number of rotatable bonds is 4. The van der Waals surface area contributed by atoms with Crippen molar-refractivity contribution in [1.29, 1.82) is 0 Å². The lowest BCUT2D eigenvalue weighted by atomic mass is 10.2. The number of hydrogen-bond donors (Lipinski definition) is 0. The summed E-state index contributed by atoms with van der Waals surface area (Å²) in [5.74, 6) is 0.0732. The molecule has 16 heavy (non-hydrogen) atoms. The summed E-state index contributed by atoms with van der Waals surface area (Å²) >= 11 is 5.76. The molecule has 0 saturated carbocycles. The van der Waals surface area contributed by atoms with Gasteiger partial charge < -0.3 is 9.47 Å². The van der Waals surface area contributed by atoms with Crippen molar-refractivity contribution in [2.24, 2.45) is 0 Å². The summed E-state index contributed by atoms with van der Waals surface area (Å²) in [6, 6.07) is 1.69. The molecule has 0 bridgehead atoms. The second-order valence-corrected chi connectivity index (χ2v) is 3.21. The number of hydrogen-bond acceptors (Lipinski definition) is 4. The molecule has 86 valence electrons. The van der Waals surface area contributed by atoms with E-state index in [2.05, 4.69) is 4.98 Å². The predicted molar refractivity (Wildman–Crippen MR) is 61.5 cm³/mol. The molecule has 1 rings (SSSR count). The normalized spacial score (nSPS) is 10.4. The van der Waals surface area contributed by atoms with Crippen LogP contribution in [0.2, 0.25) is 5.15 Å². The molecule has 0 aromatic carbocycles. The molecule has 0 atom stereocenters. The second kappa shape index (κ2) is 6.12. The van der Waals surface area contributed by atoms with Gasteiger partial charge in [0.25, 0.3) is 0 Å². The van der Waals surface area contributed by atoms with Gasteiger partial charge in [-0.3, -0.25) is 0 Å². The molecule has 0 amide bonds. The number of carbonyl (C=O) groups is 1. The van der Waals surface area contributed by atoms with E-state index in [1.54, 1.807) is 25.3 Å². The Morgan fingerprint density at radius 3 is 3.00 bits per heavy atom. The zero-order chi connectivity index (χ0) is 12.0. The standard InChI is InChI=1S/C11H12ClNO3/c1-3-16-10(14)5-4-8-6-9(15-2)11(12)13-7-8/h4-7H,3H2,1-2H3/b5-4+. The lowest BCUT2D eigenvalue weighted by Crippen LogP contribution is -1.98. The summed E-state index contributed by atoms with van der Waals surface area (Å²) in [5, 5.41) is 0.288. The van der Waals surface area contributed by atoms with E-state index in [0.29, 0.717) is 17.9 Å². The van der Waals surface area contributed by atoms with Crippen LogP contribution in [0, 0.1) is 0 Å². The largest absolute Gasteiger partial charge is 0.494 e. The minimum Gasteiger partial charge on any atom is -0.494 e. The fourth-order valence-corrected chi connectivity index (χ4v) is 1.21. The summed E-state index contributed by atoms with van der Waals surface area (Å²) < 4.78 is 9.74. The van der Waals surface area contributed by atoms with Crippen LogP contribution in [-0.4, -0.2) is 24.7 Å². The molecule has 0 unspecified atom stereocenters. The third-order valence-corrected chi connectivity index (χ3v) is 2.03. The topological polar surface area (TPSA) is 48.4 Å². The van der Waals surface area contributed by atoms with Crippen LogP contribution in [0.4, 0.5) is 0 Å². The quantitative estimate of drug-likeness (QED) is 0.461.